The molecule has 0 aromatic heterocycles. The molecule has 2 N–H and O–H groups in total. The number of piperidine rings is 1. The SMILES string of the molecule is CC(C)[C@H]1CC[C@@H](OC[C@H]2[C@@H](N)CCCN2C(=O)c2ccc(-c3ccccc3)cc2)CC1. The average Bonchev–Trinajstić information content (AvgIpc) is 2.83. The lowest BCUT2D eigenvalue weighted by atomic mass is 9.80. The Kier molecular flexibility index (Phi) is 7.64. The summed E-state index contributed by atoms with van der Waals surface area (Å²) in [5, 5.41) is 0. The molecule has 1 amide bonds. The van der Waals surface area contributed by atoms with Crippen LogP contribution in [0.25, 0.3) is 11.1 Å². The molecule has 1 aliphatic heterocycles. The Labute approximate surface area is 193 Å². The molecule has 2 aliphatic rings. The molecule has 1 saturated carbocycles. The van der Waals surface area contributed by atoms with E-state index in [0.29, 0.717) is 12.7 Å². The highest BCUT2D eigenvalue weighted by Crippen LogP contribution is 2.32. The van der Waals surface area contributed by atoms with Crippen LogP contribution in [-0.2, 0) is 4.74 Å². The van der Waals surface area contributed by atoms with E-state index in [-0.39, 0.29) is 18.0 Å². The van der Waals surface area contributed by atoms with Crippen LogP contribution in [0.3, 0.4) is 0 Å². The first-order valence-electron chi connectivity index (χ1n) is 12.4. The lowest BCUT2D eigenvalue weighted by Crippen LogP contribution is -2.56. The van der Waals surface area contributed by atoms with Gasteiger partial charge in [-0.1, -0.05) is 56.3 Å². The zero-order valence-corrected chi connectivity index (χ0v) is 19.6. The van der Waals surface area contributed by atoms with Gasteiger partial charge in [0, 0.05) is 18.2 Å². The monoisotopic (exact) mass is 434 g/mol. The minimum atomic E-state index is -0.0483. The van der Waals surface area contributed by atoms with Crippen LogP contribution in [0.2, 0.25) is 0 Å². The van der Waals surface area contributed by atoms with E-state index < -0.39 is 0 Å². The van der Waals surface area contributed by atoms with Gasteiger partial charge < -0.3 is 15.4 Å². The summed E-state index contributed by atoms with van der Waals surface area (Å²) in [4.78, 5) is 15.4. The van der Waals surface area contributed by atoms with Gasteiger partial charge in [0.05, 0.1) is 18.8 Å². The summed E-state index contributed by atoms with van der Waals surface area (Å²) in [6.07, 6.45) is 6.95. The van der Waals surface area contributed by atoms with Crippen molar-refractivity contribution in [3.05, 3.63) is 60.2 Å². The van der Waals surface area contributed by atoms with Gasteiger partial charge in [-0.2, -0.15) is 0 Å². The van der Waals surface area contributed by atoms with E-state index in [4.69, 9.17) is 10.5 Å². The number of amides is 1. The number of hydrogen-bond acceptors (Lipinski definition) is 3. The molecule has 2 fully saturated rings. The van der Waals surface area contributed by atoms with Crippen LogP contribution in [-0.4, -0.2) is 42.1 Å². The van der Waals surface area contributed by atoms with Crippen LogP contribution >= 0.6 is 0 Å². The van der Waals surface area contributed by atoms with Crippen molar-refractivity contribution in [1.82, 2.24) is 4.90 Å². The van der Waals surface area contributed by atoms with Crippen LogP contribution in [0.1, 0.15) is 62.7 Å². The third kappa shape index (κ3) is 5.41. The van der Waals surface area contributed by atoms with Crippen molar-refractivity contribution in [2.45, 2.75) is 70.6 Å². The largest absolute Gasteiger partial charge is 0.376 e. The van der Waals surface area contributed by atoms with Gasteiger partial charge in [-0.25, -0.2) is 0 Å². The fourth-order valence-electron chi connectivity index (χ4n) is 5.31. The number of nitrogens with zero attached hydrogens (tertiary/aromatic N) is 1. The van der Waals surface area contributed by atoms with Crippen LogP contribution in [0.5, 0.6) is 0 Å². The predicted molar refractivity (Wildman–Crippen MR) is 130 cm³/mol. The summed E-state index contributed by atoms with van der Waals surface area (Å²) in [6.45, 7) is 5.94. The lowest BCUT2D eigenvalue weighted by molar-refractivity contribution is -0.0268. The zero-order valence-electron chi connectivity index (χ0n) is 19.6. The maximum absolute atomic E-state index is 13.4. The number of hydrogen-bond donors (Lipinski definition) is 1. The van der Waals surface area contributed by atoms with Gasteiger partial charge in [0.15, 0.2) is 0 Å². The van der Waals surface area contributed by atoms with Gasteiger partial charge in [-0.05, 0) is 73.6 Å². The van der Waals surface area contributed by atoms with Gasteiger partial charge in [0.25, 0.3) is 5.91 Å². The Morgan fingerprint density at radius 1 is 0.969 bits per heavy atom. The van der Waals surface area contributed by atoms with Gasteiger partial charge in [0.1, 0.15) is 0 Å². The van der Waals surface area contributed by atoms with E-state index in [1.165, 1.54) is 12.8 Å². The minimum absolute atomic E-state index is 0.0247. The number of benzene rings is 2. The Morgan fingerprint density at radius 3 is 2.28 bits per heavy atom. The van der Waals surface area contributed by atoms with E-state index in [0.717, 1.165) is 60.8 Å². The molecule has 1 heterocycles. The van der Waals surface area contributed by atoms with Crippen LogP contribution in [0, 0.1) is 11.8 Å². The zero-order chi connectivity index (χ0) is 22.5. The molecular weight excluding hydrogens is 396 g/mol. The first kappa shape index (κ1) is 23.0. The molecule has 0 unspecified atom stereocenters. The Morgan fingerprint density at radius 2 is 1.62 bits per heavy atom. The second-order valence-corrected chi connectivity index (χ2v) is 9.93. The number of nitrogens with two attached hydrogens (primary N) is 1. The van der Waals surface area contributed by atoms with Crippen molar-refractivity contribution in [2.75, 3.05) is 13.2 Å². The van der Waals surface area contributed by atoms with Gasteiger partial charge in [-0.15, -0.1) is 0 Å². The first-order chi connectivity index (χ1) is 15.5. The van der Waals surface area contributed by atoms with Crippen LogP contribution in [0.4, 0.5) is 0 Å². The van der Waals surface area contributed by atoms with Gasteiger partial charge in [-0.3, -0.25) is 4.79 Å². The molecule has 2 aromatic rings. The normalized spacial score (nSPS) is 26.3. The van der Waals surface area contributed by atoms with E-state index >= 15 is 0 Å². The lowest BCUT2D eigenvalue weighted by Gasteiger charge is -2.41. The van der Waals surface area contributed by atoms with Crippen molar-refractivity contribution in [2.24, 2.45) is 17.6 Å². The second kappa shape index (κ2) is 10.6. The van der Waals surface area contributed by atoms with Crippen LogP contribution in [0.15, 0.2) is 54.6 Å². The average molecular weight is 435 g/mol. The number of carbonyl (C=O) groups excluding carboxylic acids is 1. The minimum Gasteiger partial charge on any atom is -0.376 e. The van der Waals surface area contributed by atoms with Crippen molar-refractivity contribution < 1.29 is 9.53 Å². The molecule has 1 saturated heterocycles. The van der Waals surface area contributed by atoms with Crippen LogP contribution < -0.4 is 5.73 Å². The third-order valence-electron chi connectivity index (χ3n) is 7.50. The Balaban J connectivity index is 1.39. The highest BCUT2D eigenvalue weighted by atomic mass is 16.5. The van der Waals surface area contributed by atoms with Crippen molar-refractivity contribution >= 4 is 5.91 Å². The summed E-state index contributed by atoms with van der Waals surface area (Å²) < 4.78 is 6.34. The summed E-state index contributed by atoms with van der Waals surface area (Å²) in [6, 6.07) is 18.1. The van der Waals surface area contributed by atoms with E-state index in [9.17, 15) is 4.79 Å². The number of ether oxygens (including phenoxy) is 1. The summed E-state index contributed by atoms with van der Waals surface area (Å²) in [5.74, 6) is 1.64. The Bertz CT molecular complexity index is 857. The van der Waals surface area contributed by atoms with E-state index in [2.05, 4.69) is 26.0 Å². The van der Waals surface area contributed by atoms with Gasteiger partial charge >= 0.3 is 0 Å². The molecule has 2 atom stereocenters. The quantitative estimate of drug-likeness (QED) is 0.651. The topological polar surface area (TPSA) is 55.6 Å². The molecule has 0 radical (unpaired) electrons. The molecule has 4 rings (SSSR count). The predicted octanol–water partition coefficient (Wildman–Crippen LogP) is 5.52. The fourth-order valence-corrected chi connectivity index (χ4v) is 5.31. The molecule has 32 heavy (non-hydrogen) atoms. The third-order valence-corrected chi connectivity index (χ3v) is 7.50. The summed E-state index contributed by atoms with van der Waals surface area (Å²) in [7, 11) is 0. The fraction of sp³-hybridized carbons (Fsp3) is 0.536. The molecule has 0 bridgehead atoms. The summed E-state index contributed by atoms with van der Waals surface area (Å²) >= 11 is 0. The highest BCUT2D eigenvalue weighted by molar-refractivity contribution is 5.95. The molecule has 4 nitrogen and oxygen atoms in total. The van der Waals surface area contributed by atoms with E-state index in [1.54, 1.807) is 0 Å². The number of carbonyl (C=O) groups is 1. The number of rotatable bonds is 6. The molecule has 172 valence electrons. The molecular formula is C28H38N2O2. The highest BCUT2D eigenvalue weighted by Gasteiger charge is 2.34. The van der Waals surface area contributed by atoms with E-state index in [1.807, 2.05) is 47.4 Å². The van der Waals surface area contributed by atoms with Crippen molar-refractivity contribution in [1.29, 1.82) is 0 Å². The standard InChI is InChI=1S/C28H38N2O2/c1-20(2)21-14-16-25(17-15-21)32-19-27-26(29)9-6-18-30(27)28(31)24-12-10-23(11-13-24)22-7-4-3-5-8-22/h3-5,7-8,10-13,20-21,25-27H,6,9,14-19,29H2,1-2H3/t21-,25+,26-,27-/m0/s1. The maximum atomic E-state index is 13.4. The molecule has 0 spiro atoms. The van der Waals surface area contributed by atoms with Crippen molar-refractivity contribution in [3.8, 4) is 11.1 Å². The molecule has 4 heteroatoms. The Hall–Kier alpha value is -2.17. The number of likely N-dealkylation sites (tertiary alicyclic amines) is 1. The maximum Gasteiger partial charge on any atom is 0.254 e. The smallest absolute Gasteiger partial charge is 0.254 e. The van der Waals surface area contributed by atoms with Gasteiger partial charge in [0.2, 0.25) is 0 Å². The second-order valence-electron chi connectivity index (χ2n) is 9.93. The first-order valence-corrected chi connectivity index (χ1v) is 12.4. The molecule has 2 aromatic carbocycles. The molecule has 1 aliphatic carbocycles. The van der Waals surface area contributed by atoms with Crippen molar-refractivity contribution in [3.63, 3.8) is 0 Å². The summed E-state index contributed by atoms with van der Waals surface area (Å²) in [5.41, 5.74) is 9.49.